The highest BCUT2D eigenvalue weighted by molar-refractivity contribution is 9.10. The van der Waals surface area contributed by atoms with Crippen LogP contribution in [0.1, 0.15) is 32.1 Å². The molecule has 0 amide bonds. The molecule has 1 aromatic rings. The lowest BCUT2D eigenvalue weighted by Gasteiger charge is -2.14. The summed E-state index contributed by atoms with van der Waals surface area (Å²) in [6.45, 7) is 0.322. The number of halogens is 2. The van der Waals surface area contributed by atoms with E-state index in [1.54, 1.807) is 0 Å². The first-order valence-corrected chi connectivity index (χ1v) is 9.10. The Labute approximate surface area is 132 Å². The monoisotopic (exact) mass is 376 g/mol. The lowest BCUT2D eigenvalue weighted by atomic mass is 9.97. The van der Waals surface area contributed by atoms with Crippen LogP contribution in [0.4, 0.5) is 10.1 Å². The molecule has 0 aliphatic heterocycles. The number of rotatable bonds is 5. The Kier molecular flexibility index (Phi) is 5.40. The van der Waals surface area contributed by atoms with Gasteiger partial charge in [-0.1, -0.05) is 11.6 Å². The summed E-state index contributed by atoms with van der Waals surface area (Å²) < 4.78 is 40.3. The molecule has 0 heterocycles. The first-order valence-electron chi connectivity index (χ1n) is 6.82. The molecule has 2 rings (SSSR count). The van der Waals surface area contributed by atoms with Gasteiger partial charge in [-0.25, -0.2) is 17.5 Å². The first kappa shape index (κ1) is 16.5. The van der Waals surface area contributed by atoms with Gasteiger partial charge in [0.05, 0.1) is 10.2 Å². The van der Waals surface area contributed by atoms with Crippen molar-refractivity contribution in [1.82, 2.24) is 4.72 Å². The van der Waals surface area contributed by atoms with E-state index in [0.717, 1.165) is 25.3 Å². The van der Waals surface area contributed by atoms with Gasteiger partial charge in [0.25, 0.3) is 0 Å². The molecule has 4 nitrogen and oxygen atoms in total. The molecule has 0 unspecified atom stereocenters. The number of allylic oxidation sites excluding steroid dienone is 1. The molecule has 0 bridgehead atoms. The second-order valence-corrected chi connectivity index (χ2v) is 7.65. The number of anilines is 1. The van der Waals surface area contributed by atoms with E-state index < -0.39 is 15.8 Å². The highest BCUT2D eigenvalue weighted by Crippen LogP contribution is 2.26. The molecule has 0 saturated carbocycles. The fourth-order valence-corrected chi connectivity index (χ4v) is 4.00. The predicted molar refractivity (Wildman–Crippen MR) is 84.9 cm³/mol. The molecular weight excluding hydrogens is 359 g/mol. The zero-order chi connectivity index (χ0) is 15.5. The van der Waals surface area contributed by atoms with Gasteiger partial charge in [0.2, 0.25) is 10.0 Å². The number of benzene rings is 1. The molecule has 21 heavy (non-hydrogen) atoms. The van der Waals surface area contributed by atoms with Crippen molar-refractivity contribution in [3.8, 4) is 0 Å². The van der Waals surface area contributed by atoms with Crippen LogP contribution in [0.3, 0.4) is 0 Å². The molecule has 1 aromatic carbocycles. The van der Waals surface area contributed by atoms with Crippen LogP contribution in [0.5, 0.6) is 0 Å². The van der Waals surface area contributed by atoms with Crippen LogP contribution in [0.15, 0.2) is 33.2 Å². The minimum Gasteiger partial charge on any atom is -0.398 e. The quantitative estimate of drug-likeness (QED) is 0.611. The van der Waals surface area contributed by atoms with Crippen molar-refractivity contribution in [3.05, 3.63) is 34.1 Å². The maximum Gasteiger partial charge on any atom is 0.242 e. The lowest BCUT2D eigenvalue weighted by molar-refractivity contribution is 0.579. The molecule has 0 aromatic heterocycles. The van der Waals surface area contributed by atoms with E-state index in [2.05, 4.69) is 26.7 Å². The van der Waals surface area contributed by atoms with Gasteiger partial charge >= 0.3 is 0 Å². The van der Waals surface area contributed by atoms with Crippen LogP contribution in [0.25, 0.3) is 0 Å². The van der Waals surface area contributed by atoms with Crippen LogP contribution in [0, 0.1) is 5.82 Å². The molecule has 1 aliphatic carbocycles. The number of nitrogen functional groups attached to an aromatic ring is 1. The summed E-state index contributed by atoms with van der Waals surface area (Å²) in [5.74, 6) is -0.584. The average molecular weight is 377 g/mol. The summed E-state index contributed by atoms with van der Waals surface area (Å²) in [5.41, 5.74) is 6.79. The number of hydrogen-bond acceptors (Lipinski definition) is 3. The van der Waals surface area contributed by atoms with Gasteiger partial charge in [-0.05, 0) is 60.2 Å². The van der Waals surface area contributed by atoms with E-state index in [0.29, 0.717) is 13.0 Å². The molecule has 116 valence electrons. The van der Waals surface area contributed by atoms with Gasteiger partial charge in [-0.2, -0.15) is 0 Å². The van der Waals surface area contributed by atoms with Crippen LogP contribution >= 0.6 is 15.9 Å². The maximum atomic E-state index is 13.3. The van der Waals surface area contributed by atoms with Gasteiger partial charge < -0.3 is 5.73 Å². The first-order chi connectivity index (χ1) is 9.90. The van der Waals surface area contributed by atoms with Crippen LogP contribution in [0.2, 0.25) is 0 Å². The summed E-state index contributed by atoms with van der Waals surface area (Å²) in [6, 6.07) is 2.19. The Balaban J connectivity index is 2.05. The SMILES string of the molecule is Nc1cc(F)c(Br)cc1S(=O)(=O)NCCC1=CCCCC1. The molecule has 0 atom stereocenters. The van der Waals surface area contributed by atoms with Crippen molar-refractivity contribution in [1.29, 1.82) is 0 Å². The Morgan fingerprint density at radius 1 is 1.33 bits per heavy atom. The Hall–Kier alpha value is -0.920. The second-order valence-electron chi connectivity index (χ2n) is 5.06. The van der Waals surface area contributed by atoms with Crippen molar-refractivity contribution in [3.63, 3.8) is 0 Å². The van der Waals surface area contributed by atoms with Crippen LogP contribution in [-0.2, 0) is 10.0 Å². The normalized spacial score (nSPS) is 15.8. The van der Waals surface area contributed by atoms with E-state index in [1.165, 1.54) is 18.1 Å². The third-order valence-electron chi connectivity index (χ3n) is 3.47. The zero-order valence-electron chi connectivity index (χ0n) is 11.5. The highest BCUT2D eigenvalue weighted by atomic mass is 79.9. The van der Waals surface area contributed by atoms with Gasteiger partial charge in [0.1, 0.15) is 10.7 Å². The Morgan fingerprint density at radius 3 is 2.76 bits per heavy atom. The molecular formula is C14H18BrFN2O2S. The van der Waals surface area contributed by atoms with Gasteiger partial charge in [-0.3, -0.25) is 0 Å². The van der Waals surface area contributed by atoms with E-state index >= 15 is 0 Å². The summed E-state index contributed by atoms with van der Waals surface area (Å²) in [4.78, 5) is -0.103. The van der Waals surface area contributed by atoms with E-state index in [4.69, 9.17) is 5.73 Å². The Morgan fingerprint density at radius 2 is 2.10 bits per heavy atom. The largest absolute Gasteiger partial charge is 0.398 e. The van der Waals surface area contributed by atoms with Gasteiger partial charge in [0, 0.05) is 6.54 Å². The van der Waals surface area contributed by atoms with E-state index in [1.807, 2.05) is 0 Å². The number of sulfonamides is 1. The van der Waals surface area contributed by atoms with Crippen LogP contribution < -0.4 is 10.5 Å². The smallest absolute Gasteiger partial charge is 0.242 e. The summed E-state index contributed by atoms with van der Waals surface area (Å²) in [6.07, 6.45) is 7.35. The van der Waals surface area contributed by atoms with Crippen molar-refractivity contribution in [2.24, 2.45) is 0 Å². The standard InChI is InChI=1S/C14H18BrFN2O2S/c15-11-8-14(13(17)9-12(11)16)21(19,20)18-7-6-10-4-2-1-3-5-10/h4,8-9,18H,1-3,5-7,17H2. The molecule has 7 heteroatoms. The van der Waals surface area contributed by atoms with Crippen LogP contribution in [-0.4, -0.2) is 15.0 Å². The third-order valence-corrected chi connectivity index (χ3v) is 5.59. The lowest BCUT2D eigenvalue weighted by Crippen LogP contribution is -2.26. The van der Waals surface area contributed by atoms with Gasteiger partial charge in [0.15, 0.2) is 0 Å². The second kappa shape index (κ2) is 6.89. The zero-order valence-corrected chi connectivity index (χ0v) is 13.9. The molecule has 1 aliphatic rings. The topological polar surface area (TPSA) is 72.2 Å². The van der Waals surface area contributed by atoms with Crippen molar-refractivity contribution < 1.29 is 12.8 Å². The fourth-order valence-electron chi connectivity index (χ4n) is 2.33. The number of nitrogens with two attached hydrogens (primary N) is 1. The molecule has 0 radical (unpaired) electrons. The molecule has 0 fully saturated rings. The van der Waals surface area contributed by atoms with Crippen molar-refractivity contribution in [2.75, 3.05) is 12.3 Å². The predicted octanol–water partition coefficient (Wildman–Crippen LogP) is 3.34. The third kappa shape index (κ3) is 4.28. The molecule has 0 spiro atoms. The summed E-state index contributed by atoms with van der Waals surface area (Å²) in [5, 5.41) is 0. The maximum absolute atomic E-state index is 13.3. The molecule has 3 N–H and O–H groups in total. The van der Waals surface area contributed by atoms with Crippen molar-refractivity contribution >= 4 is 31.6 Å². The fraction of sp³-hybridized carbons (Fsp3) is 0.429. The van der Waals surface area contributed by atoms with E-state index in [9.17, 15) is 12.8 Å². The number of hydrogen-bond donors (Lipinski definition) is 2. The molecule has 0 saturated heterocycles. The summed E-state index contributed by atoms with van der Waals surface area (Å²) in [7, 11) is -3.73. The number of nitrogens with one attached hydrogen (secondary N) is 1. The minimum atomic E-state index is -3.73. The average Bonchev–Trinajstić information content (AvgIpc) is 2.43. The van der Waals surface area contributed by atoms with E-state index in [-0.39, 0.29) is 15.1 Å². The van der Waals surface area contributed by atoms with Crippen molar-refractivity contribution in [2.45, 2.75) is 37.0 Å². The Bertz CT molecular complexity index is 659. The summed E-state index contributed by atoms with van der Waals surface area (Å²) >= 11 is 2.97. The van der Waals surface area contributed by atoms with Gasteiger partial charge in [-0.15, -0.1) is 0 Å². The minimum absolute atomic E-state index is 0.0760. The highest BCUT2D eigenvalue weighted by Gasteiger charge is 2.19.